The van der Waals surface area contributed by atoms with E-state index in [4.69, 9.17) is 25.2 Å². The van der Waals surface area contributed by atoms with Gasteiger partial charge in [0.1, 0.15) is 34.3 Å². The lowest BCUT2D eigenvalue weighted by molar-refractivity contribution is 0.200. The van der Waals surface area contributed by atoms with Crippen LogP contribution in [0.3, 0.4) is 0 Å². The molecule has 1 aliphatic heterocycles. The van der Waals surface area contributed by atoms with Crippen LogP contribution in [0, 0.1) is 13.8 Å². The lowest BCUT2D eigenvalue weighted by atomic mass is 9.99. The highest BCUT2D eigenvalue weighted by Gasteiger charge is 2.24. The molecule has 3 aromatic heterocycles. The molecular formula is C27H32N6O2S. The summed E-state index contributed by atoms with van der Waals surface area (Å²) in [5.41, 5.74) is 13.3. The highest BCUT2D eigenvalue weighted by Crippen LogP contribution is 2.37. The maximum absolute atomic E-state index is 6.27. The Hall–Kier alpha value is -3.30. The summed E-state index contributed by atoms with van der Waals surface area (Å²) in [5.74, 6) is 3.05. The SMILES string of the molecule is COCCc1nc(C)c(C(C)C)c(N2CCOc3c(C)cc(-c4cnc5sc(N)nc5c4)cc3C2)n1. The molecule has 0 amide bonds. The van der Waals surface area contributed by atoms with Crippen LogP contribution in [0.4, 0.5) is 10.9 Å². The van der Waals surface area contributed by atoms with Gasteiger partial charge in [-0.25, -0.2) is 19.9 Å². The van der Waals surface area contributed by atoms with Crippen LogP contribution in [0.2, 0.25) is 0 Å². The Kier molecular flexibility index (Phi) is 6.77. The zero-order chi connectivity index (χ0) is 25.4. The molecule has 0 saturated carbocycles. The van der Waals surface area contributed by atoms with Gasteiger partial charge in [0, 0.05) is 48.7 Å². The fraction of sp³-hybridized carbons (Fsp3) is 0.407. The Morgan fingerprint density at radius 2 is 1.97 bits per heavy atom. The lowest BCUT2D eigenvalue weighted by Crippen LogP contribution is -2.28. The minimum atomic E-state index is 0.302. The van der Waals surface area contributed by atoms with Gasteiger partial charge in [-0.3, -0.25) is 0 Å². The van der Waals surface area contributed by atoms with Gasteiger partial charge < -0.3 is 20.1 Å². The first-order chi connectivity index (χ1) is 17.3. The number of methoxy groups -OCH3 is 1. The number of pyridine rings is 1. The molecule has 0 bridgehead atoms. The topological polar surface area (TPSA) is 99.3 Å². The predicted octanol–water partition coefficient (Wildman–Crippen LogP) is 5.06. The van der Waals surface area contributed by atoms with E-state index in [2.05, 4.69) is 60.8 Å². The molecule has 0 atom stereocenters. The molecule has 8 nitrogen and oxygen atoms in total. The maximum Gasteiger partial charge on any atom is 0.182 e. The molecule has 0 saturated heterocycles. The monoisotopic (exact) mass is 504 g/mol. The van der Waals surface area contributed by atoms with Gasteiger partial charge in [0.05, 0.1) is 13.2 Å². The van der Waals surface area contributed by atoms with Crippen molar-refractivity contribution in [3.63, 3.8) is 0 Å². The third kappa shape index (κ3) is 4.73. The normalized spacial score (nSPS) is 13.7. The van der Waals surface area contributed by atoms with Crippen LogP contribution in [-0.4, -0.2) is 46.8 Å². The number of aromatic nitrogens is 4. The van der Waals surface area contributed by atoms with Gasteiger partial charge in [0.25, 0.3) is 0 Å². The van der Waals surface area contributed by atoms with Gasteiger partial charge >= 0.3 is 0 Å². The van der Waals surface area contributed by atoms with Crippen LogP contribution in [0.15, 0.2) is 24.4 Å². The van der Waals surface area contributed by atoms with E-state index in [0.29, 0.717) is 37.2 Å². The van der Waals surface area contributed by atoms with Crippen molar-refractivity contribution in [1.29, 1.82) is 0 Å². The molecule has 0 aliphatic carbocycles. The number of hydrogen-bond acceptors (Lipinski definition) is 9. The lowest BCUT2D eigenvalue weighted by Gasteiger charge is -2.27. The summed E-state index contributed by atoms with van der Waals surface area (Å²) in [7, 11) is 1.70. The number of ether oxygens (including phenoxy) is 2. The number of rotatable bonds is 6. The Balaban J connectivity index is 1.55. The number of fused-ring (bicyclic) bond motifs is 2. The Morgan fingerprint density at radius 1 is 1.14 bits per heavy atom. The number of nitrogens with two attached hydrogens (primary N) is 1. The van der Waals surface area contributed by atoms with E-state index < -0.39 is 0 Å². The molecule has 0 unspecified atom stereocenters. The third-order valence-electron chi connectivity index (χ3n) is 6.49. The summed E-state index contributed by atoms with van der Waals surface area (Å²) in [4.78, 5) is 22.0. The average Bonchev–Trinajstić information content (AvgIpc) is 3.07. The zero-order valence-electron chi connectivity index (χ0n) is 21.5. The summed E-state index contributed by atoms with van der Waals surface area (Å²) in [6.45, 7) is 11.2. The van der Waals surface area contributed by atoms with Crippen molar-refractivity contribution in [2.45, 2.75) is 46.6 Å². The van der Waals surface area contributed by atoms with Crippen molar-refractivity contribution in [3.05, 3.63) is 52.6 Å². The van der Waals surface area contributed by atoms with Crippen molar-refractivity contribution in [2.24, 2.45) is 0 Å². The first kappa shape index (κ1) is 24.4. The summed E-state index contributed by atoms with van der Waals surface area (Å²) in [5, 5.41) is 0.530. The third-order valence-corrected chi connectivity index (χ3v) is 7.30. The molecule has 5 rings (SSSR count). The van der Waals surface area contributed by atoms with Gasteiger partial charge in [-0.1, -0.05) is 25.2 Å². The van der Waals surface area contributed by atoms with E-state index in [0.717, 1.165) is 62.2 Å². The number of nitrogens with zero attached hydrogens (tertiary/aromatic N) is 5. The smallest absolute Gasteiger partial charge is 0.182 e. The van der Waals surface area contributed by atoms with Gasteiger partial charge in [0.2, 0.25) is 0 Å². The second-order valence-corrected chi connectivity index (χ2v) is 10.5. The highest BCUT2D eigenvalue weighted by atomic mass is 32.1. The average molecular weight is 505 g/mol. The van der Waals surface area contributed by atoms with Crippen LogP contribution >= 0.6 is 11.3 Å². The zero-order valence-corrected chi connectivity index (χ0v) is 22.3. The van der Waals surface area contributed by atoms with Crippen molar-refractivity contribution in [3.8, 4) is 16.9 Å². The molecule has 36 heavy (non-hydrogen) atoms. The number of hydrogen-bond donors (Lipinski definition) is 1. The van der Waals surface area contributed by atoms with Crippen LogP contribution in [-0.2, 0) is 17.7 Å². The van der Waals surface area contributed by atoms with Crippen molar-refractivity contribution < 1.29 is 9.47 Å². The molecule has 2 N–H and O–H groups in total. The van der Waals surface area contributed by atoms with Crippen LogP contribution < -0.4 is 15.4 Å². The molecule has 4 heterocycles. The van der Waals surface area contributed by atoms with Crippen LogP contribution in [0.25, 0.3) is 21.5 Å². The highest BCUT2D eigenvalue weighted by molar-refractivity contribution is 7.21. The molecule has 1 aromatic carbocycles. The second-order valence-electron chi connectivity index (χ2n) is 9.51. The van der Waals surface area contributed by atoms with Crippen molar-refractivity contribution >= 4 is 32.6 Å². The Labute approximate surface area is 215 Å². The minimum absolute atomic E-state index is 0.302. The Morgan fingerprint density at radius 3 is 2.75 bits per heavy atom. The van der Waals surface area contributed by atoms with E-state index in [1.807, 2.05) is 6.20 Å². The molecule has 0 spiro atoms. The number of benzene rings is 1. The number of nitrogen functional groups attached to an aromatic ring is 1. The van der Waals surface area contributed by atoms with Gasteiger partial charge in [0.15, 0.2) is 5.13 Å². The largest absolute Gasteiger partial charge is 0.491 e. The van der Waals surface area contributed by atoms with Gasteiger partial charge in [-0.05, 0) is 49.1 Å². The fourth-order valence-corrected chi connectivity index (χ4v) is 5.56. The standard InChI is InChI=1S/C27H32N6O2S/c1-15(2)23-17(4)30-22(6-8-34-5)32-25(23)33-7-9-35-24-16(3)10-18(11-20(24)14-33)19-12-21-26(29-13-19)36-27(28)31-21/h10-13,15H,6-9,14H2,1-5H3,(H2,28,31). The van der Waals surface area contributed by atoms with E-state index >= 15 is 0 Å². The van der Waals surface area contributed by atoms with E-state index in [-0.39, 0.29) is 0 Å². The van der Waals surface area contributed by atoms with Crippen LogP contribution in [0.5, 0.6) is 5.75 Å². The van der Waals surface area contributed by atoms with Crippen LogP contribution in [0.1, 0.15) is 48.0 Å². The molecule has 1 aliphatic rings. The van der Waals surface area contributed by atoms with Crippen molar-refractivity contribution in [1.82, 2.24) is 19.9 Å². The number of anilines is 2. The van der Waals surface area contributed by atoms with E-state index in [1.165, 1.54) is 16.9 Å². The van der Waals surface area contributed by atoms with Gasteiger partial charge in [-0.2, -0.15) is 0 Å². The molecular weight excluding hydrogens is 472 g/mol. The van der Waals surface area contributed by atoms with E-state index in [9.17, 15) is 0 Å². The first-order valence-electron chi connectivity index (χ1n) is 12.2. The second kappa shape index (κ2) is 9.99. The number of aryl methyl sites for hydroxylation is 2. The Bertz CT molecular complexity index is 1420. The van der Waals surface area contributed by atoms with E-state index in [1.54, 1.807) is 7.11 Å². The molecule has 0 fully saturated rings. The fourth-order valence-electron chi connectivity index (χ4n) is 4.90. The molecule has 9 heteroatoms. The summed E-state index contributed by atoms with van der Waals surface area (Å²) < 4.78 is 11.6. The molecule has 0 radical (unpaired) electrons. The minimum Gasteiger partial charge on any atom is -0.491 e. The van der Waals surface area contributed by atoms with Gasteiger partial charge in [-0.15, -0.1) is 0 Å². The first-order valence-corrected chi connectivity index (χ1v) is 13.1. The number of thiazole rings is 1. The van der Waals surface area contributed by atoms with Crippen molar-refractivity contribution in [2.75, 3.05) is 37.5 Å². The molecule has 188 valence electrons. The summed E-state index contributed by atoms with van der Waals surface area (Å²) in [6.07, 6.45) is 2.58. The molecule has 4 aromatic rings. The predicted molar refractivity (Wildman–Crippen MR) is 145 cm³/mol. The summed E-state index contributed by atoms with van der Waals surface area (Å²) in [6, 6.07) is 6.41. The quantitative estimate of drug-likeness (QED) is 0.389. The summed E-state index contributed by atoms with van der Waals surface area (Å²) >= 11 is 1.40. The maximum atomic E-state index is 6.27.